The van der Waals surface area contributed by atoms with Gasteiger partial charge in [-0.15, -0.1) is 0 Å². The van der Waals surface area contributed by atoms with Gasteiger partial charge in [0.05, 0.1) is 18.5 Å². The molecule has 0 unspecified atom stereocenters. The minimum Gasteiger partial charge on any atom is -0.462 e. The van der Waals surface area contributed by atoms with E-state index in [9.17, 15) is 22.8 Å². The third-order valence-electron chi connectivity index (χ3n) is 4.06. The molecule has 0 aliphatic carbocycles. The molecule has 156 valence electrons. The van der Waals surface area contributed by atoms with Gasteiger partial charge in [0.1, 0.15) is 5.56 Å². The van der Waals surface area contributed by atoms with Gasteiger partial charge < -0.3 is 10.1 Å². The van der Waals surface area contributed by atoms with Crippen molar-refractivity contribution in [2.45, 2.75) is 20.0 Å². The molecule has 10 heteroatoms. The van der Waals surface area contributed by atoms with E-state index in [1.165, 1.54) is 31.2 Å². The van der Waals surface area contributed by atoms with Crippen molar-refractivity contribution < 1.29 is 27.5 Å². The number of pyridine rings is 1. The summed E-state index contributed by atoms with van der Waals surface area (Å²) < 4.78 is 46.0. The standard InChI is InChI=1S/C20H17F3N4O3/c1-3-30-19(29)16-11-25-27(17(16)20(21,22)23)15-6-4-13(5-7-15)18(28)26-14-8-9-24-12(2)10-14/h4-11H,3H2,1-2H3,(H,24,26,28). The molecule has 30 heavy (non-hydrogen) atoms. The van der Waals surface area contributed by atoms with Crippen molar-refractivity contribution in [3.05, 3.63) is 71.3 Å². The van der Waals surface area contributed by atoms with Gasteiger partial charge in [-0.05, 0) is 50.2 Å². The summed E-state index contributed by atoms with van der Waals surface area (Å²) in [5.74, 6) is -1.55. The van der Waals surface area contributed by atoms with Gasteiger partial charge in [-0.3, -0.25) is 9.78 Å². The van der Waals surface area contributed by atoms with E-state index >= 15 is 0 Å². The highest BCUT2D eigenvalue weighted by atomic mass is 19.4. The van der Waals surface area contributed by atoms with Gasteiger partial charge in [0, 0.05) is 23.1 Å². The zero-order valence-electron chi connectivity index (χ0n) is 16.0. The highest BCUT2D eigenvalue weighted by Gasteiger charge is 2.41. The van der Waals surface area contributed by atoms with Gasteiger partial charge in [0.2, 0.25) is 0 Å². The van der Waals surface area contributed by atoms with E-state index in [1.807, 2.05) is 0 Å². The van der Waals surface area contributed by atoms with Crippen LogP contribution in [0.3, 0.4) is 0 Å². The lowest BCUT2D eigenvalue weighted by Crippen LogP contribution is -2.18. The van der Waals surface area contributed by atoms with E-state index in [0.29, 0.717) is 10.4 Å². The maximum Gasteiger partial charge on any atom is 0.434 e. The lowest BCUT2D eigenvalue weighted by atomic mass is 10.1. The fourth-order valence-electron chi connectivity index (χ4n) is 2.76. The lowest BCUT2D eigenvalue weighted by molar-refractivity contribution is -0.143. The lowest BCUT2D eigenvalue weighted by Gasteiger charge is -2.13. The molecule has 0 spiro atoms. The van der Waals surface area contributed by atoms with Crippen LogP contribution in [0.2, 0.25) is 0 Å². The largest absolute Gasteiger partial charge is 0.462 e. The first-order valence-electron chi connectivity index (χ1n) is 8.87. The number of anilines is 1. The topological polar surface area (TPSA) is 86.1 Å². The Bertz CT molecular complexity index is 1080. The number of carbonyl (C=O) groups excluding carboxylic acids is 2. The Morgan fingerprint density at radius 2 is 1.87 bits per heavy atom. The molecule has 0 fully saturated rings. The second-order valence-corrected chi connectivity index (χ2v) is 6.22. The summed E-state index contributed by atoms with van der Waals surface area (Å²) in [6.45, 7) is 3.20. The Morgan fingerprint density at radius 3 is 2.47 bits per heavy atom. The number of ether oxygens (including phenoxy) is 1. The summed E-state index contributed by atoms with van der Waals surface area (Å²) >= 11 is 0. The zero-order valence-corrected chi connectivity index (χ0v) is 16.0. The Labute approximate surface area is 169 Å². The van der Waals surface area contributed by atoms with Crippen molar-refractivity contribution in [3.63, 3.8) is 0 Å². The van der Waals surface area contributed by atoms with Crippen LogP contribution in [0.15, 0.2) is 48.8 Å². The normalized spacial score (nSPS) is 11.2. The molecule has 0 bridgehead atoms. The van der Waals surface area contributed by atoms with E-state index in [4.69, 9.17) is 0 Å². The van der Waals surface area contributed by atoms with Crippen LogP contribution < -0.4 is 5.32 Å². The Hall–Kier alpha value is -3.69. The van der Waals surface area contributed by atoms with Crippen LogP contribution in [-0.2, 0) is 10.9 Å². The van der Waals surface area contributed by atoms with Crippen molar-refractivity contribution >= 4 is 17.6 Å². The molecular weight excluding hydrogens is 401 g/mol. The number of hydrogen-bond donors (Lipinski definition) is 1. The number of aromatic nitrogens is 3. The van der Waals surface area contributed by atoms with Crippen LogP contribution in [0.4, 0.5) is 18.9 Å². The first-order valence-corrected chi connectivity index (χ1v) is 8.87. The molecule has 2 aromatic heterocycles. The molecule has 3 rings (SSSR count). The fraction of sp³-hybridized carbons (Fsp3) is 0.200. The highest BCUT2D eigenvalue weighted by Crippen LogP contribution is 2.34. The van der Waals surface area contributed by atoms with Gasteiger partial charge >= 0.3 is 12.1 Å². The summed E-state index contributed by atoms with van der Waals surface area (Å²) in [6.07, 6.45) is -2.48. The van der Waals surface area contributed by atoms with Gasteiger partial charge in [-0.1, -0.05) is 0 Å². The molecular formula is C20H17F3N4O3. The second-order valence-electron chi connectivity index (χ2n) is 6.22. The number of esters is 1. The summed E-state index contributed by atoms with van der Waals surface area (Å²) in [5, 5.41) is 6.38. The van der Waals surface area contributed by atoms with Crippen LogP contribution in [0.25, 0.3) is 5.69 Å². The maximum atomic E-state index is 13.6. The average Bonchev–Trinajstić information content (AvgIpc) is 3.14. The van der Waals surface area contributed by atoms with Gasteiger partial charge in [0.15, 0.2) is 5.69 Å². The summed E-state index contributed by atoms with van der Waals surface area (Å²) in [6, 6.07) is 8.65. The van der Waals surface area contributed by atoms with Crippen molar-refractivity contribution in [2.24, 2.45) is 0 Å². The monoisotopic (exact) mass is 418 g/mol. The van der Waals surface area contributed by atoms with Gasteiger partial charge in [-0.25, -0.2) is 9.48 Å². The van der Waals surface area contributed by atoms with Crippen LogP contribution in [0.1, 0.15) is 39.0 Å². The minimum atomic E-state index is -4.84. The number of nitrogens with zero attached hydrogens (tertiary/aromatic N) is 3. The number of carbonyl (C=O) groups is 2. The Kier molecular flexibility index (Phi) is 5.86. The number of amides is 1. The van der Waals surface area contributed by atoms with E-state index in [2.05, 4.69) is 20.1 Å². The predicted molar refractivity (Wildman–Crippen MR) is 101 cm³/mol. The third-order valence-corrected chi connectivity index (χ3v) is 4.06. The first kappa shape index (κ1) is 21.0. The third kappa shape index (κ3) is 4.48. The number of rotatable bonds is 5. The number of halogens is 3. The zero-order chi connectivity index (χ0) is 21.9. The number of nitrogens with one attached hydrogen (secondary N) is 1. The molecule has 0 aliphatic heterocycles. The van der Waals surface area contributed by atoms with Crippen LogP contribution in [-0.4, -0.2) is 33.2 Å². The quantitative estimate of drug-likeness (QED) is 0.633. The van der Waals surface area contributed by atoms with Crippen molar-refractivity contribution in [2.75, 3.05) is 11.9 Å². The second kappa shape index (κ2) is 8.36. The molecule has 0 atom stereocenters. The summed E-state index contributed by atoms with van der Waals surface area (Å²) in [7, 11) is 0. The van der Waals surface area contributed by atoms with E-state index in [1.54, 1.807) is 25.3 Å². The van der Waals surface area contributed by atoms with Gasteiger partial charge in [0.25, 0.3) is 5.91 Å². The van der Waals surface area contributed by atoms with Crippen molar-refractivity contribution in [3.8, 4) is 5.69 Å². The summed E-state index contributed by atoms with van der Waals surface area (Å²) in [5.41, 5.74) is -0.389. The molecule has 1 amide bonds. The minimum absolute atomic E-state index is 0.0363. The average molecular weight is 418 g/mol. The Morgan fingerprint density at radius 1 is 1.17 bits per heavy atom. The molecule has 3 aromatic rings. The number of aryl methyl sites for hydroxylation is 1. The highest BCUT2D eigenvalue weighted by molar-refractivity contribution is 6.04. The molecule has 0 radical (unpaired) electrons. The van der Waals surface area contributed by atoms with Gasteiger partial charge in [-0.2, -0.15) is 18.3 Å². The predicted octanol–water partition coefficient (Wildman–Crippen LogP) is 4.02. The molecule has 0 aliphatic rings. The summed E-state index contributed by atoms with van der Waals surface area (Å²) in [4.78, 5) is 28.3. The van der Waals surface area contributed by atoms with Crippen LogP contribution in [0, 0.1) is 6.92 Å². The number of hydrogen-bond acceptors (Lipinski definition) is 5. The van der Waals surface area contributed by atoms with Crippen molar-refractivity contribution in [1.29, 1.82) is 0 Å². The van der Waals surface area contributed by atoms with E-state index in [-0.39, 0.29) is 17.9 Å². The number of benzene rings is 1. The molecule has 1 aromatic carbocycles. The Balaban J connectivity index is 1.89. The molecule has 7 nitrogen and oxygen atoms in total. The first-order chi connectivity index (χ1) is 14.2. The number of alkyl halides is 3. The molecule has 1 N–H and O–H groups in total. The van der Waals surface area contributed by atoms with Crippen LogP contribution >= 0.6 is 0 Å². The van der Waals surface area contributed by atoms with E-state index < -0.39 is 29.3 Å². The fourth-order valence-corrected chi connectivity index (χ4v) is 2.76. The maximum absolute atomic E-state index is 13.6. The smallest absolute Gasteiger partial charge is 0.434 e. The van der Waals surface area contributed by atoms with Crippen LogP contribution in [0.5, 0.6) is 0 Å². The molecule has 0 saturated carbocycles. The SMILES string of the molecule is CCOC(=O)c1cnn(-c2ccc(C(=O)Nc3ccnc(C)c3)cc2)c1C(F)(F)F. The molecule has 0 saturated heterocycles. The molecule has 2 heterocycles. The van der Waals surface area contributed by atoms with Crippen molar-refractivity contribution in [1.82, 2.24) is 14.8 Å². The van der Waals surface area contributed by atoms with E-state index in [0.717, 1.165) is 11.9 Å².